The van der Waals surface area contributed by atoms with Crippen molar-refractivity contribution in [3.8, 4) is 5.82 Å². The van der Waals surface area contributed by atoms with Gasteiger partial charge in [-0.1, -0.05) is 13.8 Å². The molecule has 2 aromatic heterocycles. The van der Waals surface area contributed by atoms with Crippen molar-refractivity contribution >= 4 is 11.6 Å². The molecule has 2 heterocycles. The van der Waals surface area contributed by atoms with Crippen LogP contribution in [0.5, 0.6) is 0 Å². The maximum absolute atomic E-state index is 5.82. The minimum absolute atomic E-state index is 0.478. The van der Waals surface area contributed by atoms with Crippen molar-refractivity contribution < 1.29 is 0 Å². The third-order valence-electron chi connectivity index (χ3n) is 2.53. The summed E-state index contributed by atoms with van der Waals surface area (Å²) < 4.78 is 1.80. The Bertz CT molecular complexity index is 507. The minimum atomic E-state index is 0.478. The SMILES string of the molecule is CCc1nc(CC)n(-c2cc(CCl)ccn2)n1. The number of halogens is 1. The monoisotopic (exact) mass is 250 g/mol. The second-order valence-corrected chi connectivity index (χ2v) is 3.99. The van der Waals surface area contributed by atoms with Crippen LogP contribution in [0.4, 0.5) is 0 Å². The highest BCUT2D eigenvalue weighted by Gasteiger charge is 2.10. The van der Waals surface area contributed by atoms with Crippen LogP contribution >= 0.6 is 11.6 Å². The maximum Gasteiger partial charge on any atom is 0.155 e. The molecule has 0 aromatic carbocycles. The molecule has 0 N–H and O–H groups in total. The third kappa shape index (κ3) is 2.47. The van der Waals surface area contributed by atoms with Crippen LogP contribution in [0.25, 0.3) is 5.82 Å². The summed E-state index contributed by atoms with van der Waals surface area (Å²) in [5.74, 6) is 3.04. The standard InChI is InChI=1S/C12H15ClN4/c1-3-10-15-11(4-2)17(16-10)12-7-9(8-13)5-6-14-12/h5-7H,3-4,8H2,1-2H3. The van der Waals surface area contributed by atoms with E-state index in [1.165, 1.54) is 0 Å². The van der Waals surface area contributed by atoms with Crippen LogP contribution in [0.3, 0.4) is 0 Å². The van der Waals surface area contributed by atoms with Gasteiger partial charge in [0.25, 0.3) is 0 Å². The molecule has 0 saturated heterocycles. The summed E-state index contributed by atoms with van der Waals surface area (Å²) in [6.07, 6.45) is 3.41. The minimum Gasteiger partial charge on any atom is -0.237 e. The number of aryl methyl sites for hydroxylation is 2. The zero-order chi connectivity index (χ0) is 12.3. The van der Waals surface area contributed by atoms with E-state index < -0.39 is 0 Å². The van der Waals surface area contributed by atoms with Gasteiger partial charge in [-0.3, -0.25) is 0 Å². The van der Waals surface area contributed by atoms with Crippen LogP contribution in [0.15, 0.2) is 18.3 Å². The number of nitrogens with zero attached hydrogens (tertiary/aromatic N) is 4. The van der Waals surface area contributed by atoms with Crippen LogP contribution in [-0.2, 0) is 18.7 Å². The molecule has 0 atom stereocenters. The lowest BCUT2D eigenvalue weighted by molar-refractivity contribution is 0.768. The zero-order valence-electron chi connectivity index (χ0n) is 10.0. The van der Waals surface area contributed by atoms with Gasteiger partial charge >= 0.3 is 0 Å². The molecule has 17 heavy (non-hydrogen) atoms. The first-order chi connectivity index (χ1) is 8.28. The number of hydrogen-bond acceptors (Lipinski definition) is 3. The van der Waals surface area contributed by atoms with Crippen molar-refractivity contribution in [2.75, 3.05) is 0 Å². The lowest BCUT2D eigenvalue weighted by Crippen LogP contribution is -2.04. The quantitative estimate of drug-likeness (QED) is 0.784. The van der Waals surface area contributed by atoms with E-state index in [-0.39, 0.29) is 0 Å². The lowest BCUT2D eigenvalue weighted by Gasteiger charge is -2.04. The second-order valence-electron chi connectivity index (χ2n) is 3.72. The normalized spacial score (nSPS) is 10.8. The Morgan fingerprint density at radius 1 is 1.29 bits per heavy atom. The summed E-state index contributed by atoms with van der Waals surface area (Å²) >= 11 is 5.82. The Morgan fingerprint density at radius 3 is 2.76 bits per heavy atom. The molecule has 0 bridgehead atoms. The summed E-state index contributed by atoms with van der Waals surface area (Å²) in [6, 6.07) is 3.85. The lowest BCUT2D eigenvalue weighted by atomic mass is 10.3. The highest BCUT2D eigenvalue weighted by molar-refractivity contribution is 6.17. The van der Waals surface area contributed by atoms with Crippen LogP contribution in [0.2, 0.25) is 0 Å². The summed E-state index contributed by atoms with van der Waals surface area (Å²) in [7, 11) is 0. The largest absolute Gasteiger partial charge is 0.237 e. The molecule has 0 aliphatic carbocycles. The fraction of sp³-hybridized carbons (Fsp3) is 0.417. The molecule has 4 nitrogen and oxygen atoms in total. The first-order valence-corrected chi connectivity index (χ1v) is 6.28. The molecule has 90 valence electrons. The van der Waals surface area contributed by atoms with Crippen molar-refractivity contribution in [1.29, 1.82) is 0 Å². The van der Waals surface area contributed by atoms with Crippen molar-refractivity contribution in [1.82, 2.24) is 19.7 Å². The van der Waals surface area contributed by atoms with Gasteiger partial charge in [-0.25, -0.2) is 9.97 Å². The van der Waals surface area contributed by atoms with E-state index in [2.05, 4.69) is 22.0 Å². The predicted octanol–water partition coefficient (Wildman–Crippen LogP) is 2.53. The third-order valence-corrected chi connectivity index (χ3v) is 2.84. The second kappa shape index (κ2) is 5.27. The molecule has 2 rings (SSSR count). The zero-order valence-corrected chi connectivity index (χ0v) is 10.8. The van der Waals surface area contributed by atoms with E-state index in [4.69, 9.17) is 11.6 Å². The maximum atomic E-state index is 5.82. The van der Waals surface area contributed by atoms with E-state index in [0.29, 0.717) is 5.88 Å². The predicted molar refractivity (Wildman–Crippen MR) is 67.5 cm³/mol. The number of aromatic nitrogens is 4. The van der Waals surface area contributed by atoms with Gasteiger partial charge in [0.15, 0.2) is 11.6 Å². The van der Waals surface area contributed by atoms with Crippen LogP contribution in [0.1, 0.15) is 31.1 Å². The van der Waals surface area contributed by atoms with Gasteiger partial charge in [0.2, 0.25) is 0 Å². The van der Waals surface area contributed by atoms with E-state index in [1.807, 2.05) is 19.1 Å². The van der Waals surface area contributed by atoms with Crippen molar-refractivity contribution in [3.05, 3.63) is 35.5 Å². The Hall–Kier alpha value is -1.42. The van der Waals surface area contributed by atoms with Gasteiger partial charge < -0.3 is 0 Å². The van der Waals surface area contributed by atoms with Crippen molar-refractivity contribution in [2.24, 2.45) is 0 Å². The van der Waals surface area contributed by atoms with Gasteiger partial charge in [0.05, 0.1) is 0 Å². The highest BCUT2D eigenvalue weighted by Crippen LogP contribution is 2.11. The van der Waals surface area contributed by atoms with Crippen LogP contribution in [0, 0.1) is 0 Å². The Labute approximate surface area is 106 Å². The average molecular weight is 251 g/mol. The van der Waals surface area contributed by atoms with Crippen LogP contribution in [-0.4, -0.2) is 19.7 Å². The summed E-state index contributed by atoms with van der Waals surface area (Å²) in [5.41, 5.74) is 1.03. The van der Waals surface area contributed by atoms with E-state index >= 15 is 0 Å². The highest BCUT2D eigenvalue weighted by atomic mass is 35.5. The van der Waals surface area contributed by atoms with Gasteiger partial charge in [-0.2, -0.15) is 4.68 Å². The van der Waals surface area contributed by atoms with E-state index in [1.54, 1.807) is 10.9 Å². The van der Waals surface area contributed by atoms with Crippen LogP contribution < -0.4 is 0 Å². The molecular weight excluding hydrogens is 236 g/mol. The Kier molecular flexibility index (Phi) is 3.74. The first-order valence-electron chi connectivity index (χ1n) is 5.74. The van der Waals surface area contributed by atoms with E-state index in [0.717, 1.165) is 35.9 Å². The van der Waals surface area contributed by atoms with E-state index in [9.17, 15) is 0 Å². The molecule has 0 amide bonds. The molecular formula is C12H15ClN4. The topological polar surface area (TPSA) is 43.6 Å². The van der Waals surface area contributed by atoms with Gasteiger partial charge in [-0.15, -0.1) is 16.7 Å². The molecule has 0 saturated carbocycles. The summed E-state index contributed by atoms with van der Waals surface area (Å²) in [6.45, 7) is 4.10. The molecule has 0 radical (unpaired) electrons. The summed E-state index contributed by atoms with van der Waals surface area (Å²) in [4.78, 5) is 8.77. The number of hydrogen-bond donors (Lipinski definition) is 0. The first kappa shape index (κ1) is 12.0. The molecule has 0 aliphatic rings. The Balaban J connectivity index is 2.47. The number of rotatable bonds is 4. The Morgan fingerprint density at radius 2 is 2.12 bits per heavy atom. The molecule has 0 fully saturated rings. The molecule has 0 aliphatic heterocycles. The molecule has 2 aromatic rings. The average Bonchev–Trinajstić information content (AvgIpc) is 2.82. The van der Waals surface area contributed by atoms with Gasteiger partial charge in [0.1, 0.15) is 5.82 Å². The smallest absolute Gasteiger partial charge is 0.155 e. The molecule has 0 unspecified atom stereocenters. The fourth-order valence-electron chi connectivity index (χ4n) is 1.61. The number of pyridine rings is 1. The molecule has 5 heteroatoms. The fourth-order valence-corrected chi connectivity index (χ4v) is 1.78. The van der Waals surface area contributed by atoms with Gasteiger partial charge in [0, 0.05) is 24.9 Å². The van der Waals surface area contributed by atoms with Crippen molar-refractivity contribution in [2.45, 2.75) is 32.6 Å². The molecule has 0 spiro atoms. The number of alkyl halides is 1. The van der Waals surface area contributed by atoms with Crippen molar-refractivity contribution in [3.63, 3.8) is 0 Å². The summed E-state index contributed by atoms with van der Waals surface area (Å²) in [5, 5.41) is 4.45. The van der Waals surface area contributed by atoms with Gasteiger partial charge in [-0.05, 0) is 17.7 Å².